The summed E-state index contributed by atoms with van der Waals surface area (Å²) in [4.78, 5) is 2.37. The highest BCUT2D eigenvalue weighted by Crippen LogP contribution is 2.09. The number of hydrogen-bond donors (Lipinski definition) is 2. The normalized spacial score (nSPS) is 32.2. The van der Waals surface area contributed by atoms with Crippen molar-refractivity contribution < 1.29 is 4.74 Å². The Morgan fingerprint density at radius 2 is 2.00 bits per heavy atom. The molecule has 0 aliphatic carbocycles. The predicted molar refractivity (Wildman–Crippen MR) is 48.6 cm³/mol. The van der Waals surface area contributed by atoms with Crippen LogP contribution < -0.4 is 11.3 Å². The lowest BCUT2D eigenvalue weighted by atomic mass is 10.2. The summed E-state index contributed by atoms with van der Waals surface area (Å²) in [5.41, 5.74) is 2.66. The highest BCUT2D eigenvalue weighted by atomic mass is 16.5. The zero-order valence-corrected chi connectivity index (χ0v) is 7.92. The van der Waals surface area contributed by atoms with Gasteiger partial charge in [0.15, 0.2) is 0 Å². The van der Waals surface area contributed by atoms with Crippen molar-refractivity contribution in [3.8, 4) is 0 Å². The molecule has 4 nitrogen and oxygen atoms in total. The molecule has 1 heterocycles. The maximum Gasteiger partial charge on any atom is 0.0678 e. The maximum atomic E-state index is 5.60. The number of morpholine rings is 1. The summed E-state index contributed by atoms with van der Waals surface area (Å²) in [6, 6.07) is 0. The molecule has 0 amide bonds. The van der Waals surface area contributed by atoms with E-state index in [2.05, 4.69) is 24.2 Å². The Morgan fingerprint density at radius 3 is 2.50 bits per heavy atom. The number of nitrogens with one attached hydrogen (secondary N) is 1. The Balaban J connectivity index is 2.24. The SMILES string of the molecule is CC1CN(CCNN)CC(C)O1. The third-order valence-corrected chi connectivity index (χ3v) is 2.07. The van der Waals surface area contributed by atoms with E-state index in [1.807, 2.05) is 0 Å². The van der Waals surface area contributed by atoms with Gasteiger partial charge in [0.1, 0.15) is 0 Å². The van der Waals surface area contributed by atoms with Gasteiger partial charge in [-0.1, -0.05) is 0 Å². The summed E-state index contributed by atoms with van der Waals surface area (Å²) in [6.45, 7) is 8.11. The van der Waals surface area contributed by atoms with Crippen LogP contribution in [0.15, 0.2) is 0 Å². The lowest BCUT2D eigenvalue weighted by Gasteiger charge is -2.35. The first kappa shape index (κ1) is 9.92. The minimum absolute atomic E-state index is 0.353. The molecule has 0 spiro atoms. The summed E-state index contributed by atoms with van der Waals surface area (Å²) in [6.07, 6.45) is 0.707. The molecule has 2 unspecified atom stereocenters. The van der Waals surface area contributed by atoms with Gasteiger partial charge in [-0.25, -0.2) is 0 Å². The van der Waals surface area contributed by atoms with Gasteiger partial charge in [0.2, 0.25) is 0 Å². The van der Waals surface area contributed by atoms with Crippen LogP contribution in [0.25, 0.3) is 0 Å². The molecule has 0 radical (unpaired) electrons. The second-order valence-electron chi connectivity index (χ2n) is 3.47. The van der Waals surface area contributed by atoms with E-state index in [1.165, 1.54) is 0 Å². The van der Waals surface area contributed by atoms with Crippen LogP contribution in [-0.4, -0.2) is 43.3 Å². The second kappa shape index (κ2) is 4.77. The summed E-state index contributed by atoms with van der Waals surface area (Å²) in [5.74, 6) is 5.21. The molecule has 12 heavy (non-hydrogen) atoms. The quantitative estimate of drug-likeness (QED) is 0.449. The van der Waals surface area contributed by atoms with Gasteiger partial charge in [-0.2, -0.15) is 0 Å². The smallest absolute Gasteiger partial charge is 0.0678 e. The zero-order valence-electron chi connectivity index (χ0n) is 7.92. The molecular formula is C8H19N3O. The van der Waals surface area contributed by atoms with E-state index in [0.29, 0.717) is 12.2 Å². The molecule has 0 aromatic carbocycles. The van der Waals surface area contributed by atoms with Crippen molar-refractivity contribution in [1.82, 2.24) is 10.3 Å². The van der Waals surface area contributed by atoms with E-state index in [4.69, 9.17) is 10.6 Å². The largest absolute Gasteiger partial charge is 0.373 e. The Labute approximate surface area is 74.0 Å². The maximum absolute atomic E-state index is 5.60. The summed E-state index contributed by atoms with van der Waals surface area (Å²) >= 11 is 0. The first-order valence-corrected chi connectivity index (χ1v) is 4.53. The first-order valence-electron chi connectivity index (χ1n) is 4.53. The van der Waals surface area contributed by atoms with Gasteiger partial charge in [-0.05, 0) is 13.8 Å². The molecule has 1 saturated heterocycles. The van der Waals surface area contributed by atoms with Crippen molar-refractivity contribution in [2.45, 2.75) is 26.1 Å². The lowest BCUT2D eigenvalue weighted by Crippen LogP contribution is -2.48. The van der Waals surface area contributed by atoms with Crippen molar-refractivity contribution in [3.63, 3.8) is 0 Å². The van der Waals surface area contributed by atoms with Crippen LogP contribution >= 0.6 is 0 Å². The van der Waals surface area contributed by atoms with Crippen molar-refractivity contribution >= 4 is 0 Å². The fraction of sp³-hybridized carbons (Fsp3) is 1.00. The number of hydrazine groups is 1. The first-order chi connectivity index (χ1) is 5.72. The molecule has 0 bridgehead atoms. The van der Waals surface area contributed by atoms with Crippen LogP contribution in [-0.2, 0) is 4.74 Å². The molecule has 2 atom stereocenters. The van der Waals surface area contributed by atoms with Crippen molar-refractivity contribution in [3.05, 3.63) is 0 Å². The lowest BCUT2D eigenvalue weighted by molar-refractivity contribution is -0.0674. The molecule has 4 heteroatoms. The highest BCUT2D eigenvalue weighted by molar-refractivity contribution is 4.72. The second-order valence-corrected chi connectivity index (χ2v) is 3.47. The van der Waals surface area contributed by atoms with Gasteiger partial charge >= 0.3 is 0 Å². The molecule has 0 aromatic heterocycles. The van der Waals surface area contributed by atoms with E-state index in [1.54, 1.807) is 0 Å². The van der Waals surface area contributed by atoms with Crippen molar-refractivity contribution in [2.24, 2.45) is 5.84 Å². The number of ether oxygens (including phenoxy) is 1. The molecule has 0 saturated carbocycles. The van der Waals surface area contributed by atoms with Gasteiger partial charge in [-0.15, -0.1) is 0 Å². The number of nitrogens with two attached hydrogens (primary N) is 1. The monoisotopic (exact) mass is 173 g/mol. The van der Waals surface area contributed by atoms with Gasteiger partial charge < -0.3 is 4.74 Å². The van der Waals surface area contributed by atoms with Crippen LogP contribution in [0.3, 0.4) is 0 Å². The Morgan fingerprint density at radius 1 is 1.42 bits per heavy atom. The fourth-order valence-electron chi connectivity index (χ4n) is 1.69. The third-order valence-electron chi connectivity index (χ3n) is 2.07. The van der Waals surface area contributed by atoms with E-state index >= 15 is 0 Å². The highest BCUT2D eigenvalue weighted by Gasteiger charge is 2.21. The summed E-state index contributed by atoms with van der Waals surface area (Å²) < 4.78 is 5.60. The molecule has 1 rings (SSSR count). The van der Waals surface area contributed by atoms with Crippen molar-refractivity contribution in [2.75, 3.05) is 26.2 Å². The predicted octanol–water partition coefficient (Wildman–Crippen LogP) is -0.441. The van der Waals surface area contributed by atoms with Gasteiger partial charge in [-0.3, -0.25) is 16.2 Å². The topological polar surface area (TPSA) is 50.5 Å². The fourth-order valence-corrected chi connectivity index (χ4v) is 1.69. The minimum atomic E-state index is 0.353. The van der Waals surface area contributed by atoms with E-state index in [9.17, 15) is 0 Å². The van der Waals surface area contributed by atoms with Crippen LogP contribution in [0, 0.1) is 0 Å². The van der Waals surface area contributed by atoms with Crippen LogP contribution in [0.2, 0.25) is 0 Å². The Hall–Kier alpha value is -0.160. The molecule has 0 aromatic rings. The third kappa shape index (κ3) is 3.06. The number of nitrogens with zero attached hydrogens (tertiary/aromatic N) is 1. The Kier molecular flexibility index (Phi) is 3.94. The molecular weight excluding hydrogens is 154 g/mol. The van der Waals surface area contributed by atoms with Gasteiger partial charge in [0.25, 0.3) is 0 Å². The number of hydrogen-bond acceptors (Lipinski definition) is 4. The van der Waals surface area contributed by atoms with Crippen LogP contribution in [0.4, 0.5) is 0 Å². The molecule has 1 aliphatic heterocycles. The van der Waals surface area contributed by atoms with E-state index in [0.717, 1.165) is 26.2 Å². The molecule has 1 fully saturated rings. The molecule has 3 N–H and O–H groups in total. The van der Waals surface area contributed by atoms with E-state index in [-0.39, 0.29) is 0 Å². The van der Waals surface area contributed by atoms with Gasteiger partial charge in [0.05, 0.1) is 12.2 Å². The summed E-state index contributed by atoms with van der Waals surface area (Å²) in [5, 5.41) is 0. The van der Waals surface area contributed by atoms with E-state index < -0.39 is 0 Å². The molecule has 1 aliphatic rings. The minimum Gasteiger partial charge on any atom is -0.373 e. The van der Waals surface area contributed by atoms with Crippen molar-refractivity contribution in [1.29, 1.82) is 0 Å². The average molecular weight is 173 g/mol. The Bertz CT molecular complexity index is 121. The molecule has 72 valence electrons. The van der Waals surface area contributed by atoms with Crippen LogP contribution in [0.1, 0.15) is 13.8 Å². The van der Waals surface area contributed by atoms with Gasteiger partial charge in [0, 0.05) is 26.2 Å². The van der Waals surface area contributed by atoms with Crippen LogP contribution in [0.5, 0.6) is 0 Å². The standard InChI is InChI=1S/C8H19N3O/c1-7-5-11(4-3-10-9)6-8(2)12-7/h7-8,10H,3-6,9H2,1-2H3. The summed E-state index contributed by atoms with van der Waals surface area (Å²) in [7, 11) is 0. The zero-order chi connectivity index (χ0) is 8.97. The average Bonchev–Trinajstić information content (AvgIpc) is 1.99. The number of rotatable bonds is 3.